The maximum atomic E-state index is 12.3. The first-order chi connectivity index (χ1) is 13.4. The van der Waals surface area contributed by atoms with Gasteiger partial charge in [-0.15, -0.1) is 0 Å². The van der Waals surface area contributed by atoms with Crippen LogP contribution in [0, 0.1) is 13.8 Å². The zero-order chi connectivity index (χ0) is 20.3. The van der Waals surface area contributed by atoms with Gasteiger partial charge in [-0.3, -0.25) is 9.59 Å². The number of benzene rings is 2. The van der Waals surface area contributed by atoms with E-state index >= 15 is 0 Å². The highest BCUT2D eigenvalue weighted by atomic mass is 16.2. The van der Waals surface area contributed by atoms with Crippen molar-refractivity contribution >= 4 is 17.5 Å². The van der Waals surface area contributed by atoms with Crippen LogP contribution in [0.5, 0.6) is 0 Å². The Kier molecular flexibility index (Phi) is 6.18. The van der Waals surface area contributed by atoms with Gasteiger partial charge < -0.3 is 10.2 Å². The summed E-state index contributed by atoms with van der Waals surface area (Å²) in [5, 5.41) is 2.70. The van der Waals surface area contributed by atoms with E-state index in [1.807, 2.05) is 24.0 Å². The van der Waals surface area contributed by atoms with Crippen LogP contribution in [-0.4, -0.2) is 24.9 Å². The van der Waals surface area contributed by atoms with Gasteiger partial charge in [0.05, 0.1) is 0 Å². The third-order valence-corrected chi connectivity index (χ3v) is 5.73. The van der Waals surface area contributed by atoms with E-state index in [1.165, 1.54) is 18.4 Å². The van der Waals surface area contributed by atoms with Crippen LogP contribution < -0.4 is 10.2 Å². The van der Waals surface area contributed by atoms with Crippen LogP contribution in [0.4, 0.5) is 5.69 Å². The quantitative estimate of drug-likeness (QED) is 0.830. The van der Waals surface area contributed by atoms with Crippen LogP contribution in [0.25, 0.3) is 0 Å². The van der Waals surface area contributed by atoms with Crippen LogP contribution >= 0.6 is 0 Å². The Balaban J connectivity index is 1.84. The monoisotopic (exact) mass is 378 g/mol. The average Bonchev–Trinajstić information content (AvgIpc) is 3.18. The lowest BCUT2D eigenvalue weighted by Gasteiger charge is -2.29. The third kappa shape index (κ3) is 4.27. The van der Waals surface area contributed by atoms with Gasteiger partial charge in [0.25, 0.3) is 5.91 Å². The number of carbonyl (C=O) groups excluding carboxylic acids is 2. The number of nitrogens with one attached hydrogen (secondary N) is 1. The van der Waals surface area contributed by atoms with Crippen LogP contribution in [0.15, 0.2) is 36.4 Å². The van der Waals surface area contributed by atoms with Gasteiger partial charge in [0.1, 0.15) is 0 Å². The average molecular weight is 379 g/mol. The Hall–Kier alpha value is -2.62. The second-order valence-electron chi connectivity index (χ2n) is 7.85. The van der Waals surface area contributed by atoms with Gasteiger partial charge in [-0.25, -0.2) is 0 Å². The largest absolute Gasteiger partial charge is 0.355 e. The third-order valence-electron chi connectivity index (χ3n) is 5.73. The standard InChI is InChI=1S/C24H30N2O2/c1-16-9-10-20(15-22(16)24(28)25-4)14-19-11-12-23(17(2)13-19)26(18(3)27)21-7-5-6-8-21/h9-13,15,21H,5-8,14H2,1-4H3,(H,25,28). The van der Waals surface area contributed by atoms with Crippen molar-refractivity contribution in [3.8, 4) is 0 Å². The summed E-state index contributed by atoms with van der Waals surface area (Å²) >= 11 is 0. The summed E-state index contributed by atoms with van der Waals surface area (Å²) < 4.78 is 0. The zero-order valence-corrected chi connectivity index (χ0v) is 17.3. The number of anilines is 1. The van der Waals surface area contributed by atoms with Crippen molar-refractivity contribution in [3.63, 3.8) is 0 Å². The summed E-state index contributed by atoms with van der Waals surface area (Å²) in [4.78, 5) is 26.4. The summed E-state index contributed by atoms with van der Waals surface area (Å²) in [6.07, 6.45) is 5.34. The Morgan fingerprint density at radius 2 is 1.64 bits per heavy atom. The molecular formula is C24H30N2O2. The number of aryl methyl sites for hydroxylation is 2. The Bertz CT molecular complexity index is 882. The molecule has 4 nitrogen and oxygen atoms in total. The van der Waals surface area contributed by atoms with Crippen molar-refractivity contribution in [1.82, 2.24) is 5.32 Å². The molecule has 2 amide bonds. The lowest BCUT2D eigenvalue weighted by molar-refractivity contribution is -0.117. The summed E-state index contributed by atoms with van der Waals surface area (Å²) in [7, 11) is 1.65. The van der Waals surface area contributed by atoms with Crippen molar-refractivity contribution in [1.29, 1.82) is 0 Å². The van der Waals surface area contributed by atoms with E-state index in [-0.39, 0.29) is 11.8 Å². The normalized spacial score (nSPS) is 14.1. The minimum atomic E-state index is -0.0560. The number of carbonyl (C=O) groups is 2. The van der Waals surface area contributed by atoms with Gasteiger partial charge in [0, 0.05) is 31.3 Å². The maximum Gasteiger partial charge on any atom is 0.251 e. The van der Waals surface area contributed by atoms with Gasteiger partial charge >= 0.3 is 0 Å². The van der Waals surface area contributed by atoms with Crippen molar-refractivity contribution in [2.45, 2.75) is 58.9 Å². The van der Waals surface area contributed by atoms with E-state index in [4.69, 9.17) is 0 Å². The van der Waals surface area contributed by atoms with Gasteiger partial charge in [-0.2, -0.15) is 0 Å². The van der Waals surface area contributed by atoms with Crippen LogP contribution in [0.2, 0.25) is 0 Å². The summed E-state index contributed by atoms with van der Waals surface area (Å²) in [5.74, 6) is 0.0658. The first kappa shape index (κ1) is 20.1. The summed E-state index contributed by atoms with van der Waals surface area (Å²) in [6.45, 7) is 5.69. The van der Waals surface area contributed by atoms with Gasteiger partial charge in [-0.05, 0) is 67.5 Å². The Morgan fingerprint density at radius 1 is 1.00 bits per heavy atom. The number of rotatable bonds is 5. The Morgan fingerprint density at radius 3 is 2.25 bits per heavy atom. The second-order valence-corrected chi connectivity index (χ2v) is 7.85. The fourth-order valence-electron chi connectivity index (χ4n) is 4.28. The maximum absolute atomic E-state index is 12.3. The molecule has 148 valence electrons. The fourth-order valence-corrected chi connectivity index (χ4v) is 4.28. The topological polar surface area (TPSA) is 49.4 Å². The van der Waals surface area contributed by atoms with E-state index in [0.717, 1.165) is 47.2 Å². The molecular weight excluding hydrogens is 348 g/mol. The molecule has 2 aromatic rings. The fraction of sp³-hybridized carbons (Fsp3) is 0.417. The molecule has 0 bridgehead atoms. The first-order valence-corrected chi connectivity index (χ1v) is 10.1. The number of hydrogen-bond donors (Lipinski definition) is 1. The molecule has 0 aliphatic heterocycles. The lowest BCUT2D eigenvalue weighted by Crippen LogP contribution is -2.37. The van der Waals surface area contributed by atoms with E-state index in [9.17, 15) is 9.59 Å². The molecule has 2 aromatic carbocycles. The van der Waals surface area contributed by atoms with Crippen molar-refractivity contribution in [2.24, 2.45) is 0 Å². The molecule has 1 fully saturated rings. The number of amides is 2. The summed E-state index contributed by atoms with van der Waals surface area (Å²) in [5.41, 5.74) is 6.13. The first-order valence-electron chi connectivity index (χ1n) is 10.1. The van der Waals surface area contributed by atoms with Gasteiger partial charge in [0.2, 0.25) is 5.91 Å². The van der Waals surface area contributed by atoms with Crippen LogP contribution in [0.3, 0.4) is 0 Å². The molecule has 0 aromatic heterocycles. The highest BCUT2D eigenvalue weighted by molar-refractivity contribution is 5.95. The molecule has 0 spiro atoms. The van der Waals surface area contributed by atoms with Gasteiger partial charge in [0.15, 0.2) is 0 Å². The molecule has 0 atom stereocenters. The van der Waals surface area contributed by atoms with Crippen molar-refractivity contribution < 1.29 is 9.59 Å². The van der Waals surface area contributed by atoms with Gasteiger partial charge in [-0.1, -0.05) is 37.1 Å². The molecule has 1 aliphatic carbocycles. The smallest absolute Gasteiger partial charge is 0.251 e. The van der Waals surface area contributed by atoms with E-state index in [0.29, 0.717) is 6.04 Å². The highest BCUT2D eigenvalue weighted by Gasteiger charge is 2.26. The van der Waals surface area contributed by atoms with Crippen LogP contribution in [0.1, 0.15) is 65.2 Å². The number of hydrogen-bond acceptors (Lipinski definition) is 2. The second kappa shape index (κ2) is 8.59. The van der Waals surface area contributed by atoms with Crippen molar-refractivity contribution in [2.75, 3.05) is 11.9 Å². The molecule has 0 radical (unpaired) electrons. The SMILES string of the molecule is CNC(=O)c1cc(Cc2ccc(N(C(C)=O)C3CCCC3)c(C)c2)ccc1C. The van der Waals surface area contributed by atoms with Crippen molar-refractivity contribution in [3.05, 3.63) is 64.2 Å². The predicted octanol–water partition coefficient (Wildman–Crippen LogP) is 4.55. The molecule has 1 saturated carbocycles. The molecule has 3 rings (SSSR count). The van der Waals surface area contributed by atoms with E-state index in [1.54, 1.807) is 14.0 Å². The Labute approximate surface area is 167 Å². The molecule has 28 heavy (non-hydrogen) atoms. The lowest BCUT2D eigenvalue weighted by atomic mass is 9.97. The molecule has 0 heterocycles. The zero-order valence-electron chi connectivity index (χ0n) is 17.3. The van der Waals surface area contributed by atoms with Crippen LogP contribution in [-0.2, 0) is 11.2 Å². The predicted molar refractivity (Wildman–Crippen MR) is 114 cm³/mol. The van der Waals surface area contributed by atoms with E-state index < -0.39 is 0 Å². The number of nitrogens with zero attached hydrogens (tertiary/aromatic N) is 1. The highest BCUT2D eigenvalue weighted by Crippen LogP contribution is 2.31. The molecule has 1 aliphatic rings. The molecule has 0 saturated heterocycles. The molecule has 1 N–H and O–H groups in total. The molecule has 0 unspecified atom stereocenters. The minimum Gasteiger partial charge on any atom is -0.355 e. The summed E-state index contributed by atoms with van der Waals surface area (Å²) in [6, 6.07) is 12.7. The molecule has 4 heteroatoms. The minimum absolute atomic E-state index is 0.0560. The van der Waals surface area contributed by atoms with E-state index in [2.05, 4.69) is 36.5 Å².